The Morgan fingerprint density at radius 3 is 2.41 bits per heavy atom. The van der Waals surface area contributed by atoms with Crippen molar-refractivity contribution in [1.82, 2.24) is 15.1 Å². The van der Waals surface area contributed by atoms with Crippen LogP contribution in [0.1, 0.15) is 31.2 Å². The molecule has 0 saturated carbocycles. The van der Waals surface area contributed by atoms with E-state index in [1.54, 1.807) is 17.0 Å². The summed E-state index contributed by atoms with van der Waals surface area (Å²) in [6.07, 6.45) is 2.03. The molecular formula is C29H31ClF2N6O3. The molecule has 3 aromatic rings. The minimum Gasteiger partial charge on any atom is -0.487 e. The van der Waals surface area contributed by atoms with Crippen molar-refractivity contribution in [3.8, 4) is 5.75 Å². The highest BCUT2D eigenvalue weighted by atomic mass is 35.5. The van der Waals surface area contributed by atoms with E-state index in [0.717, 1.165) is 24.1 Å². The number of benzene rings is 2. The van der Waals surface area contributed by atoms with Gasteiger partial charge in [0.2, 0.25) is 5.82 Å². The van der Waals surface area contributed by atoms with Gasteiger partial charge >= 0.3 is 6.09 Å². The van der Waals surface area contributed by atoms with E-state index in [-0.39, 0.29) is 35.7 Å². The van der Waals surface area contributed by atoms with Crippen LogP contribution in [0.5, 0.6) is 5.75 Å². The monoisotopic (exact) mass is 584 g/mol. The molecule has 2 bridgehead atoms. The Labute approximate surface area is 241 Å². The summed E-state index contributed by atoms with van der Waals surface area (Å²) < 4.78 is 41.2. The van der Waals surface area contributed by atoms with Crippen molar-refractivity contribution in [3.63, 3.8) is 0 Å². The summed E-state index contributed by atoms with van der Waals surface area (Å²) in [5.41, 5.74) is 8.29. The molecule has 2 aromatic carbocycles. The van der Waals surface area contributed by atoms with E-state index >= 15 is 0 Å². The van der Waals surface area contributed by atoms with Gasteiger partial charge in [-0.1, -0.05) is 41.9 Å². The van der Waals surface area contributed by atoms with Gasteiger partial charge < -0.3 is 29.9 Å². The Balaban J connectivity index is 1.09. The third-order valence-electron chi connectivity index (χ3n) is 8.07. The summed E-state index contributed by atoms with van der Waals surface area (Å²) in [4.78, 5) is 18.4. The number of hydrogen-bond acceptors (Lipinski definition) is 8. The van der Waals surface area contributed by atoms with Gasteiger partial charge in [0.05, 0.1) is 5.69 Å². The molecule has 2 atom stereocenters. The number of anilines is 3. The normalized spacial score (nSPS) is 20.8. The second-order valence-corrected chi connectivity index (χ2v) is 11.1. The average Bonchev–Trinajstić information content (AvgIpc) is 3.25. The number of rotatable bonds is 6. The molecule has 2 N–H and O–H groups in total. The highest BCUT2D eigenvalue weighted by Crippen LogP contribution is 2.40. The summed E-state index contributed by atoms with van der Waals surface area (Å²) in [6, 6.07) is 14.2. The smallest absolute Gasteiger partial charge is 0.410 e. The highest BCUT2D eigenvalue weighted by molar-refractivity contribution is 6.29. The van der Waals surface area contributed by atoms with Gasteiger partial charge in [0.25, 0.3) is 0 Å². The number of piperazine rings is 1. The van der Waals surface area contributed by atoms with Gasteiger partial charge in [-0.25, -0.2) is 9.18 Å². The van der Waals surface area contributed by atoms with Crippen LogP contribution in [0, 0.1) is 11.6 Å². The fourth-order valence-electron chi connectivity index (χ4n) is 6.07. The van der Waals surface area contributed by atoms with Gasteiger partial charge in [0.15, 0.2) is 22.5 Å². The predicted octanol–water partition coefficient (Wildman–Crippen LogP) is 5.03. The fraction of sp³-hybridized carbons (Fsp3) is 0.414. The second-order valence-electron chi connectivity index (χ2n) is 10.7. The van der Waals surface area contributed by atoms with Crippen LogP contribution >= 0.6 is 11.6 Å². The van der Waals surface area contributed by atoms with Crippen LogP contribution in [0.4, 0.5) is 30.8 Å². The van der Waals surface area contributed by atoms with Gasteiger partial charge in [-0.15, -0.1) is 10.2 Å². The average molecular weight is 585 g/mol. The van der Waals surface area contributed by atoms with Crippen molar-refractivity contribution in [2.45, 2.75) is 50.5 Å². The zero-order valence-electron chi connectivity index (χ0n) is 22.4. The Kier molecular flexibility index (Phi) is 7.70. The fourth-order valence-corrected chi connectivity index (χ4v) is 6.22. The van der Waals surface area contributed by atoms with Crippen molar-refractivity contribution in [1.29, 1.82) is 0 Å². The van der Waals surface area contributed by atoms with Gasteiger partial charge in [-0.05, 0) is 18.4 Å². The highest BCUT2D eigenvalue weighted by Gasteiger charge is 2.41. The van der Waals surface area contributed by atoms with Gasteiger partial charge in [-0.2, -0.15) is 4.39 Å². The molecule has 3 fully saturated rings. The number of carbonyl (C=O) groups excluding carboxylic acids is 1. The summed E-state index contributed by atoms with van der Waals surface area (Å²) >= 11 is 6.06. The molecule has 0 aliphatic carbocycles. The standard InChI is InChI=1S/C29H31ClF2N6O3/c30-26-14-24(28(33)35-34-26)37-15-19-6-7-20(16-37)38(19)21-12-23(31)27(32)25(13-21)41-22-8-10-36(11-9-22)29(39)40-17-18-4-2-1-3-5-18/h1-5,12-14,19-20,22H,6-11,15-17H2,(H2,33,35)/t19-,20+. The third-order valence-corrected chi connectivity index (χ3v) is 8.26. The van der Waals surface area contributed by atoms with E-state index < -0.39 is 17.7 Å². The van der Waals surface area contributed by atoms with E-state index in [9.17, 15) is 13.6 Å². The lowest BCUT2D eigenvalue weighted by atomic mass is 10.1. The topological polar surface area (TPSA) is 97.0 Å². The number of hydrogen-bond donors (Lipinski definition) is 1. The number of aromatic nitrogens is 2. The number of fused-ring (bicyclic) bond motifs is 2. The number of carbonyl (C=O) groups is 1. The minimum absolute atomic E-state index is 0.0722. The predicted molar refractivity (Wildman–Crippen MR) is 151 cm³/mol. The van der Waals surface area contributed by atoms with E-state index in [2.05, 4.69) is 20.0 Å². The van der Waals surface area contributed by atoms with Gasteiger partial charge in [0, 0.05) is 75.0 Å². The van der Waals surface area contributed by atoms with Crippen LogP contribution in [0.2, 0.25) is 5.15 Å². The first-order valence-electron chi connectivity index (χ1n) is 13.8. The van der Waals surface area contributed by atoms with E-state index in [4.69, 9.17) is 26.8 Å². The molecule has 4 heterocycles. The minimum atomic E-state index is -1.00. The number of nitrogens with zero attached hydrogens (tertiary/aromatic N) is 5. The first-order chi connectivity index (χ1) is 19.9. The van der Waals surface area contributed by atoms with Crippen LogP contribution in [-0.4, -0.2) is 65.6 Å². The summed E-state index contributed by atoms with van der Waals surface area (Å²) in [6.45, 7) is 2.29. The van der Waals surface area contributed by atoms with Crippen LogP contribution in [0.15, 0.2) is 48.5 Å². The molecule has 1 amide bonds. The first kappa shape index (κ1) is 27.3. The SMILES string of the molecule is Nc1nnc(Cl)cc1N1C[C@H]2CC[C@@H](C1)N2c1cc(F)c(F)c(OC2CCN(C(=O)OCc3ccccc3)CC2)c1. The van der Waals surface area contributed by atoms with Crippen molar-refractivity contribution in [2.24, 2.45) is 0 Å². The zero-order valence-corrected chi connectivity index (χ0v) is 23.1. The van der Waals surface area contributed by atoms with Crippen LogP contribution in [0.3, 0.4) is 0 Å². The molecule has 3 aliphatic heterocycles. The second kappa shape index (κ2) is 11.6. The third kappa shape index (κ3) is 5.81. The van der Waals surface area contributed by atoms with Crippen molar-refractivity contribution in [2.75, 3.05) is 41.7 Å². The Hall–Kier alpha value is -3.86. The van der Waals surface area contributed by atoms with Crippen LogP contribution in [-0.2, 0) is 11.3 Å². The maximum absolute atomic E-state index is 14.9. The number of halogens is 3. The first-order valence-corrected chi connectivity index (χ1v) is 14.2. The molecule has 9 nitrogen and oxygen atoms in total. The molecule has 0 radical (unpaired) electrons. The molecule has 1 aromatic heterocycles. The van der Waals surface area contributed by atoms with Crippen molar-refractivity contribution < 1.29 is 23.0 Å². The molecule has 3 saturated heterocycles. The van der Waals surface area contributed by atoms with Gasteiger partial charge in [-0.3, -0.25) is 0 Å². The summed E-state index contributed by atoms with van der Waals surface area (Å²) in [5.74, 6) is -1.76. The van der Waals surface area contributed by atoms with E-state index in [1.807, 2.05) is 30.3 Å². The number of piperidine rings is 1. The molecule has 216 valence electrons. The van der Waals surface area contributed by atoms with Crippen LogP contribution in [0.25, 0.3) is 0 Å². The quantitative estimate of drug-likeness (QED) is 0.431. The number of ether oxygens (including phenoxy) is 2. The molecule has 6 rings (SSSR count). The Bertz CT molecular complexity index is 1390. The van der Waals surface area contributed by atoms with Crippen LogP contribution < -0.4 is 20.3 Å². The lowest BCUT2D eigenvalue weighted by molar-refractivity contribution is 0.0624. The Morgan fingerprint density at radius 2 is 1.71 bits per heavy atom. The summed E-state index contributed by atoms with van der Waals surface area (Å²) in [7, 11) is 0. The summed E-state index contributed by atoms with van der Waals surface area (Å²) in [5, 5.41) is 7.99. The Morgan fingerprint density at radius 1 is 1.00 bits per heavy atom. The van der Waals surface area contributed by atoms with Crippen molar-refractivity contribution >= 4 is 34.9 Å². The molecule has 0 spiro atoms. The molecular weight excluding hydrogens is 554 g/mol. The van der Waals surface area contributed by atoms with E-state index in [0.29, 0.717) is 50.5 Å². The number of nitrogen functional groups attached to an aromatic ring is 1. The maximum atomic E-state index is 14.9. The molecule has 12 heteroatoms. The molecule has 3 aliphatic rings. The number of likely N-dealkylation sites (tertiary alicyclic amines) is 1. The van der Waals surface area contributed by atoms with E-state index in [1.165, 1.54) is 6.07 Å². The molecule has 0 unspecified atom stereocenters. The number of nitrogens with two attached hydrogens (primary N) is 1. The zero-order chi connectivity index (χ0) is 28.5. The maximum Gasteiger partial charge on any atom is 0.410 e. The van der Waals surface area contributed by atoms with Gasteiger partial charge in [0.1, 0.15) is 12.7 Å². The largest absolute Gasteiger partial charge is 0.487 e. The lowest BCUT2D eigenvalue weighted by Crippen LogP contribution is -2.54. The number of amides is 1. The molecule has 41 heavy (non-hydrogen) atoms. The lowest BCUT2D eigenvalue weighted by Gasteiger charge is -2.43. The van der Waals surface area contributed by atoms with Crippen molar-refractivity contribution in [3.05, 3.63) is 70.9 Å².